The Balaban J connectivity index is 1.88. The van der Waals surface area contributed by atoms with E-state index in [-0.39, 0.29) is 12.3 Å². The first kappa shape index (κ1) is 15.3. The number of carbonyl (C=O) groups excluding carboxylic acids is 1. The molecule has 108 valence electrons. The van der Waals surface area contributed by atoms with Crippen LogP contribution in [0, 0.1) is 5.41 Å². The Kier molecular flexibility index (Phi) is 5.02. The highest BCUT2D eigenvalue weighted by Crippen LogP contribution is 2.23. The molecule has 0 spiro atoms. The molecule has 1 unspecified atom stereocenters. The third-order valence-corrected chi connectivity index (χ3v) is 4.11. The lowest BCUT2D eigenvalue weighted by Crippen LogP contribution is -2.29. The van der Waals surface area contributed by atoms with Gasteiger partial charge in [0.25, 0.3) is 0 Å². The minimum atomic E-state index is -0.409. The van der Waals surface area contributed by atoms with Gasteiger partial charge in [0.1, 0.15) is 0 Å². The standard InChI is InChI=1S/C14H16Cl2N2O2/c15-11-2-1-9(7-12(11)16)13(17)3-4-14(20)18-6-5-10(19)8-18/h1-2,7,10,17,19H,3-6,8H2. The fourth-order valence-electron chi connectivity index (χ4n) is 2.19. The molecule has 0 radical (unpaired) electrons. The van der Waals surface area contributed by atoms with Crippen molar-refractivity contribution >= 4 is 34.8 Å². The summed E-state index contributed by atoms with van der Waals surface area (Å²) >= 11 is 11.7. The zero-order valence-corrected chi connectivity index (χ0v) is 12.4. The third kappa shape index (κ3) is 3.72. The fourth-order valence-corrected chi connectivity index (χ4v) is 2.48. The number of aliphatic hydroxyl groups excluding tert-OH is 1. The Hall–Kier alpha value is -1.10. The number of halogens is 2. The average Bonchev–Trinajstić information content (AvgIpc) is 2.85. The lowest BCUT2D eigenvalue weighted by Gasteiger charge is -2.15. The van der Waals surface area contributed by atoms with E-state index in [1.807, 2.05) is 0 Å². The van der Waals surface area contributed by atoms with E-state index in [0.717, 1.165) is 0 Å². The van der Waals surface area contributed by atoms with Gasteiger partial charge in [-0.05, 0) is 30.5 Å². The van der Waals surface area contributed by atoms with Crippen molar-refractivity contribution < 1.29 is 9.90 Å². The second kappa shape index (κ2) is 6.57. The highest BCUT2D eigenvalue weighted by Gasteiger charge is 2.24. The lowest BCUT2D eigenvalue weighted by molar-refractivity contribution is -0.130. The third-order valence-electron chi connectivity index (χ3n) is 3.37. The Labute approximate surface area is 127 Å². The van der Waals surface area contributed by atoms with Crippen LogP contribution in [-0.2, 0) is 4.79 Å². The molecule has 4 nitrogen and oxygen atoms in total. The highest BCUT2D eigenvalue weighted by atomic mass is 35.5. The molecule has 1 aromatic rings. The Morgan fingerprint density at radius 2 is 2.10 bits per heavy atom. The molecule has 2 rings (SSSR count). The van der Waals surface area contributed by atoms with Crippen molar-refractivity contribution in [3.63, 3.8) is 0 Å². The number of likely N-dealkylation sites (tertiary alicyclic amines) is 1. The molecule has 0 bridgehead atoms. The van der Waals surface area contributed by atoms with Gasteiger partial charge in [-0.2, -0.15) is 0 Å². The summed E-state index contributed by atoms with van der Waals surface area (Å²) in [5.74, 6) is -0.0219. The first-order valence-corrected chi connectivity index (χ1v) is 7.21. The maximum absolute atomic E-state index is 11.9. The fraction of sp³-hybridized carbons (Fsp3) is 0.429. The minimum absolute atomic E-state index is 0.0219. The first-order valence-electron chi connectivity index (χ1n) is 6.46. The number of nitrogens with zero attached hydrogens (tertiary/aromatic N) is 1. The maximum atomic E-state index is 11.9. The molecule has 1 atom stereocenters. The molecule has 1 aliphatic rings. The van der Waals surface area contributed by atoms with E-state index in [2.05, 4.69) is 0 Å². The van der Waals surface area contributed by atoms with Gasteiger partial charge in [-0.1, -0.05) is 29.3 Å². The summed E-state index contributed by atoms with van der Waals surface area (Å²) in [4.78, 5) is 13.6. The molecular weight excluding hydrogens is 299 g/mol. The van der Waals surface area contributed by atoms with Gasteiger partial charge in [-0.25, -0.2) is 0 Å². The summed E-state index contributed by atoms with van der Waals surface area (Å²) < 4.78 is 0. The van der Waals surface area contributed by atoms with E-state index in [0.29, 0.717) is 47.3 Å². The van der Waals surface area contributed by atoms with Crippen LogP contribution in [0.3, 0.4) is 0 Å². The van der Waals surface area contributed by atoms with Gasteiger partial charge in [0.05, 0.1) is 16.1 Å². The quantitative estimate of drug-likeness (QED) is 0.839. The average molecular weight is 315 g/mol. The van der Waals surface area contributed by atoms with Crippen molar-refractivity contribution in [2.24, 2.45) is 0 Å². The summed E-state index contributed by atoms with van der Waals surface area (Å²) in [5, 5.41) is 18.2. The number of hydrogen-bond acceptors (Lipinski definition) is 3. The minimum Gasteiger partial charge on any atom is -0.391 e. The van der Waals surface area contributed by atoms with Crippen LogP contribution >= 0.6 is 23.2 Å². The SMILES string of the molecule is N=C(CCC(=O)N1CCC(O)C1)c1ccc(Cl)c(Cl)c1. The number of β-amino-alcohol motifs (C(OH)–C–C–N with tert-alkyl or cyclic N) is 1. The molecule has 6 heteroatoms. The Morgan fingerprint density at radius 1 is 1.35 bits per heavy atom. The molecule has 20 heavy (non-hydrogen) atoms. The second-order valence-electron chi connectivity index (χ2n) is 4.89. The van der Waals surface area contributed by atoms with Crippen molar-refractivity contribution in [2.45, 2.75) is 25.4 Å². The number of hydrogen-bond donors (Lipinski definition) is 2. The predicted molar refractivity (Wildman–Crippen MR) is 79.7 cm³/mol. The summed E-state index contributed by atoms with van der Waals surface area (Å²) in [6.07, 6.45) is 0.846. The van der Waals surface area contributed by atoms with Crippen LogP contribution in [0.2, 0.25) is 10.0 Å². The number of aliphatic hydroxyl groups is 1. The number of amides is 1. The number of nitrogens with one attached hydrogen (secondary N) is 1. The highest BCUT2D eigenvalue weighted by molar-refractivity contribution is 6.42. The van der Waals surface area contributed by atoms with E-state index < -0.39 is 6.10 Å². The van der Waals surface area contributed by atoms with Crippen LogP contribution < -0.4 is 0 Å². The number of carbonyl (C=O) groups is 1. The van der Waals surface area contributed by atoms with Crippen LogP contribution in [0.5, 0.6) is 0 Å². The zero-order chi connectivity index (χ0) is 14.7. The van der Waals surface area contributed by atoms with E-state index in [9.17, 15) is 9.90 Å². The molecule has 1 aromatic carbocycles. The lowest BCUT2D eigenvalue weighted by atomic mass is 10.1. The molecule has 1 fully saturated rings. The van der Waals surface area contributed by atoms with E-state index in [1.54, 1.807) is 23.1 Å². The maximum Gasteiger partial charge on any atom is 0.223 e. The largest absolute Gasteiger partial charge is 0.391 e. The van der Waals surface area contributed by atoms with Gasteiger partial charge in [0.15, 0.2) is 0 Å². The smallest absolute Gasteiger partial charge is 0.223 e. The van der Waals surface area contributed by atoms with Gasteiger partial charge in [0.2, 0.25) is 5.91 Å². The molecule has 2 N–H and O–H groups in total. The molecule has 1 saturated heterocycles. The van der Waals surface area contributed by atoms with Crippen LogP contribution in [0.15, 0.2) is 18.2 Å². The van der Waals surface area contributed by atoms with Crippen molar-refractivity contribution in [2.75, 3.05) is 13.1 Å². The van der Waals surface area contributed by atoms with Gasteiger partial charge in [0, 0.05) is 25.2 Å². The van der Waals surface area contributed by atoms with Crippen molar-refractivity contribution in [3.8, 4) is 0 Å². The molecule has 0 saturated carbocycles. The molecule has 0 aromatic heterocycles. The molecule has 1 aliphatic heterocycles. The predicted octanol–water partition coefficient (Wildman–Crippen LogP) is 2.73. The van der Waals surface area contributed by atoms with Crippen LogP contribution in [0.25, 0.3) is 0 Å². The van der Waals surface area contributed by atoms with Crippen molar-refractivity contribution in [3.05, 3.63) is 33.8 Å². The first-order chi connectivity index (χ1) is 9.47. The summed E-state index contributed by atoms with van der Waals surface area (Å²) in [5.41, 5.74) is 1.03. The van der Waals surface area contributed by atoms with Crippen molar-refractivity contribution in [1.82, 2.24) is 4.90 Å². The van der Waals surface area contributed by atoms with Crippen molar-refractivity contribution in [1.29, 1.82) is 5.41 Å². The monoisotopic (exact) mass is 314 g/mol. The topological polar surface area (TPSA) is 64.4 Å². The van der Waals surface area contributed by atoms with E-state index >= 15 is 0 Å². The van der Waals surface area contributed by atoms with Gasteiger partial charge in [-0.3, -0.25) is 4.79 Å². The van der Waals surface area contributed by atoms with E-state index in [4.69, 9.17) is 28.6 Å². The molecule has 0 aliphatic carbocycles. The van der Waals surface area contributed by atoms with Gasteiger partial charge < -0.3 is 15.4 Å². The van der Waals surface area contributed by atoms with Gasteiger partial charge in [-0.15, -0.1) is 0 Å². The molecule has 1 amide bonds. The summed E-state index contributed by atoms with van der Waals surface area (Å²) in [7, 11) is 0. The molecule has 1 heterocycles. The van der Waals surface area contributed by atoms with Gasteiger partial charge >= 0.3 is 0 Å². The number of rotatable bonds is 4. The van der Waals surface area contributed by atoms with Crippen LogP contribution in [0.1, 0.15) is 24.8 Å². The second-order valence-corrected chi connectivity index (χ2v) is 5.70. The zero-order valence-electron chi connectivity index (χ0n) is 10.9. The Morgan fingerprint density at radius 3 is 2.70 bits per heavy atom. The summed E-state index contributed by atoms with van der Waals surface area (Å²) in [6, 6.07) is 5.00. The Bertz CT molecular complexity index is 534. The van der Waals surface area contributed by atoms with Crippen LogP contribution in [-0.4, -0.2) is 40.8 Å². The van der Waals surface area contributed by atoms with Crippen LogP contribution in [0.4, 0.5) is 0 Å². The molecular formula is C14H16Cl2N2O2. The summed E-state index contributed by atoms with van der Waals surface area (Å²) in [6.45, 7) is 0.999. The normalized spacial score (nSPS) is 18.4. The van der Waals surface area contributed by atoms with E-state index in [1.165, 1.54) is 0 Å². The number of benzene rings is 1.